The van der Waals surface area contributed by atoms with E-state index in [0.717, 1.165) is 16.0 Å². The highest BCUT2D eigenvalue weighted by Crippen LogP contribution is 2.27. The Morgan fingerprint density at radius 1 is 1.44 bits per heavy atom. The third kappa shape index (κ3) is 3.37. The Hall–Kier alpha value is -0.780. The first-order valence-electron chi connectivity index (χ1n) is 5.69. The van der Waals surface area contributed by atoms with Crippen LogP contribution in [0.4, 0.5) is 4.39 Å². The molecule has 96 valence electrons. The van der Waals surface area contributed by atoms with E-state index in [-0.39, 0.29) is 5.82 Å². The van der Waals surface area contributed by atoms with Crippen molar-refractivity contribution in [2.24, 2.45) is 0 Å². The molecule has 5 heteroatoms. The van der Waals surface area contributed by atoms with E-state index in [1.165, 1.54) is 6.07 Å². The van der Waals surface area contributed by atoms with Crippen molar-refractivity contribution in [1.29, 1.82) is 0 Å². The zero-order valence-electron chi connectivity index (χ0n) is 10.2. The summed E-state index contributed by atoms with van der Waals surface area (Å²) in [5, 5.41) is 6.16. The summed E-state index contributed by atoms with van der Waals surface area (Å²) in [7, 11) is 0. The minimum Gasteiger partial charge on any atom is -0.308 e. The lowest BCUT2D eigenvalue weighted by molar-refractivity contribution is 0.587. The van der Waals surface area contributed by atoms with Gasteiger partial charge in [-0.25, -0.2) is 9.37 Å². The predicted octanol–water partition coefficient (Wildman–Crippen LogP) is 4.21. The van der Waals surface area contributed by atoms with Gasteiger partial charge in [-0.05, 0) is 18.2 Å². The molecule has 0 unspecified atom stereocenters. The van der Waals surface area contributed by atoms with Crippen LogP contribution in [-0.4, -0.2) is 11.0 Å². The monoisotopic (exact) mass is 328 g/mol. The average Bonchev–Trinajstić information content (AvgIpc) is 2.78. The van der Waals surface area contributed by atoms with Gasteiger partial charge in [-0.3, -0.25) is 0 Å². The van der Waals surface area contributed by atoms with Crippen LogP contribution in [0.2, 0.25) is 0 Å². The van der Waals surface area contributed by atoms with Gasteiger partial charge in [0.1, 0.15) is 10.8 Å². The molecule has 2 aromatic rings. The molecule has 0 amide bonds. The van der Waals surface area contributed by atoms with Crippen LogP contribution in [-0.2, 0) is 6.54 Å². The fraction of sp³-hybridized carbons (Fsp3) is 0.308. The van der Waals surface area contributed by atoms with Gasteiger partial charge >= 0.3 is 0 Å². The van der Waals surface area contributed by atoms with Crippen LogP contribution in [0.15, 0.2) is 28.1 Å². The molecule has 0 saturated carbocycles. The van der Waals surface area contributed by atoms with Gasteiger partial charge in [0.05, 0.1) is 5.69 Å². The topological polar surface area (TPSA) is 24.9 Å². The molecule has 2 rings (SSSR count). The molecule has 0 radical (unpaired) electrons. The molecule has 18 heavy (non-hydrogen) atoms. The highest BCUT2D eigenvalue weighted by molar-refractivity contribution is 9.10. The molecule has 0 aliphatic heterocycles. The van der Waals surface area contributed by atoms with Crippen LogP contribution >= 0.6 is 27.3 Å². The molecule has 1 aromatic carbocycles. The number of benzene rings is 1. The first kappa shape index (κ1) is 13.6. The Morgan fingerprint density at radius 3 is 2.94 bits per heavy atom. The second-order valence-corrected chi connectivity index (χ2v) is 6.14. The maximum atomic E-state index is 13.7. The average molecular weight is 329 g/mol. The molecule has 0 saturated heterocycles. The highest BCUT2D eigenvalue weighted by Gasteiger charge is 2.10. The van der Waals surface area contributed by atoms with Crippen molar-refractivity contribution in [3.63, 3.8) is 0 Å². The van der Waals surface area contributed by atoms with Gasteiger partial charge in [0, 0.05) is 28.0 Å². The van der Waals surface area contributed by atoms with E-state index in [1.807, 2.05) is 5.38 Å². The van der Waals surface area contributed by atoms with Crippen LogP contribution in [0, 0.1) is 5.82 Å². The molecule has 0 bridgehead atoms. The summed E-state index contributed by atoms with van der Waals surface area (Å²) in [6.45, 7) is 4.89. The van der Waals surface area contributed by atoms with Crippen LogP contribution in [0.1, 0.15) is 18.9 Å². The number of nitrogens with zero attached hydrogens (tertiary/aromatic N) is 1. The Balaban J connectivity index is 2.21. The van der Waals surface area contributed by atoms with Gasteiger partial charge in [0.15, 0.2) is 0 Å². The predicted molar refractivity (Wildman–Crippen MR) is 77.2 cm³/mol. The lowest BCUT2D eigenvalue weighted by atomic mass is 10.1. The summed E-state index contributed by atoms with van der Waals surface area (Å²) >= 11 is 4.89. The maximum absolute atomic E-state index is 13.7. The van der Waals surface area contributed by atoms with Crippen molar-refractivity contribution >= 4 is 27.3 Å². The summed E-state index contributed by atoms with van der Waals surface area (Å²) in [5.41, 5.74) is 1.23. The van der Waals surface area contributed by atoms with Gasteiger partial charge in [0.2, 0.25) is 0 Å². The van der Waals surface area contributed by atoms with E-state index < -0.39 is 0 Å². The number of thiazole rings is 1. The summed E-state index contributed by atoms with van der Waals surface area (Å²) in [6.07, 6.45) is 0. The summed E-state index contributed by atoms with van der Waals surface area (Å²) in [5.74, 6) is -0.244. The number of hydrogen-bond acceptors (Lipinski definition) is 3. The maximum Gasteiger partial charge on any atom is 0.132 e. The first-order valence-corrected chi connectivity index (χ1v) is 7.36. The van der Waals surface area contributed by atoms with Crippen LogP contribution in [0.25, 0.3) is 11.3 Å². The Kier molecular flexibility index (Phi) is 4.48. The summed E-state index contributed by atoms with van der Waals surface area (Å²) in [4.78, 5) is 4.45. The van der Waals surface area contributed by atoms with Crippen molar-refractivity contribution < 1.29 is 4.39 Å². The molecule has 0 aliphatic carbocycles. The summed E-state index contributed by atoms with van der Waals surface area (Å²) in [6, 6.07) is 5.31. The minimum absolute atomic E-state index is 0.244. The molecule has 1 heterocycles. The molecule has 0 atom stereocenters. The number of aromatic nitrogens is 1. The van der Waals surface area contributed by atoms with Gasteiger partial charge in [0.25, 0.3) is 0 Å². The standard InChI is InChI=1S/C13H14BrFN2S/c1-8(2)16-6-13-17-12(7-18-13)10-5-9(14)3-4-11(10)15/h3-5,7-8,16H,6H2,1-2H3. The lowest BCUT2D eigenvalue weighted by Gasteiger charge is -2.04. The Morgan fingerprint density at radius 2 is 2.22 bits per heavy atom. The smallest absolute Gasteiger partial charge is 0.132 e. The van der Waals surface area contributed by atoms with Crippen molar-refractivity contribution in [3.8, 4) is 11.3 Å². The molecule has 1 aromatic heterocycles. The van der Waals surface area contributed by atoms with Crippen molar-refractivity contribution in [2.45, 2.75) is 26.4 Å². The third-order valence-corrected chi connectivity index (χ3v) is 3.76. The number of hydrogen-bond donors (Lipinski definition) is 1. The van der Waals surface area contributed by atoms with Gasteiger partial charge in [-0.15, -0.1) is 11.3 Å². The quantitative estimate of drug-likeness (QED) is 0.909. The second-order valence-electron chi connectivity index (χ2n) is 4.29. The molecular formula is C13H14BrFN2S. The zero-order chi connectivity index (χ0) is 13.1. The number of rotatable bonds is 4. The van der Waals surface area contributed by atoms with E-state index in [0.29, 0.717) is 17.3 Å². The van der Waals surface area contributed by atoms with E-state index in [4.69, 9.17) is 0 Å². The SMILES string of the molecule is CC(C)NCc1nc(-c2cc(Br)ccc2F)cs1. The molecule has 0 fully saturated rings. The van der Waals surface area contributed by atoms with E-state index in [1.54, 1.807) is 23.5 Å². The lowest BCUT2D eigenvalue weighted by Crippen LogP contribution is -2.21. The molecule has 2 nitrogen and oxygen atoms in total. The van der Waals surface area contributed by atoms with Gasteiger partial charge < -0.3 is 5.32 Å². The molecule has 0 aliphatic rings. The first-order chi connectivity index (χ1) is 8.56. The van der Waals surface area contributed by atoms with Gasteiger partial charge in [-0.1, -0.05) is 29.8 Å². The number of halogens is 2. The highest BCUT2D eigenvalue weighted by atomic mass is 79.9. The Bertz CT molecular complexity index is 540. The van der Waals surface area contributed by atoms with Crippen molar-refractivity contribution in [2.75, 3.05) is 0 Å². The van der Waals surface area contributed by atoms with E-state index in [9.17, 15) is 4.39 Å². The summed E-state index contributed by atoms with van der Waals surface area (Å²) < 4.78 is 14.6. The fourth-order valence-electron chi connectivity index (χ4n) is 1.50. The zero-order valence-corrected chi connectivity index (χ0v) is 12.6. The van der Waals surface area contributed by atoms with Gasteiger partial charge in [-0.2, -0.15) is 0 Å². The third-order valence-electron chi connectivity index (χ3n) is 2.42. The molecule has 1 N–H and O–H groups in total. The van der Waals surface area contributed by atoms with Crippen LogP contribution in [0.3, 0.4) is 0 Å². The van der Waals surface area contributed by atoms with Crippen LogP contribution < -0.4 is 5.32 Å². The largest absolute Gasteiger partial charge is 0.308 e. The van der Waals surface area contributed by atoms with E-state index >= 15 is 0 Å². The number of nitrogens with one attached hydrogen (secondary N) is 1. The van der Waals surface area contributed by atoms with Crippen molar-refractivity contribution in [3.05, 3.63) is 38.9 Å². The Labute approximate surface area is 118 Å². The second kappa shape index (κ2) is 5.91. The van der Waals surface area contributed by atoms with Crippen LogP contribution in [0.5, 0.6) is 0 Å². The minimum atomic E-state index is -0.244. The van der Waals surface area contributed by atoms with E-state index in [2.05, 4.69) is 40.1 Å². The fourth-order valence-corrected chi connectivity index (χ4v) is 2.61. The molecule has 0 spiro atoms. The normalized spacial score (nSPS) is 11.2. The molecular weight excluding hydrogens is 315 g/mol. The van der Waals surface area contributed by atoms with Crippen molar-refractivity contribution in [1.82, 2.24) is 10.3 Å².